The number of hydrogen-bond acceptors (Lipinski definition) is 3. The maximum absolute atomic E-state index is 4.50. The largest absolute Gasteiger partial charge is 0.354 e. The molecule has 0 atom stereocenters. The number of hydrogen-bond donors (Lipinski definition) is 2. The van der Waals surface area contributed by atoms with Gasteiger partial charge in [-0.05, 0) is 25.0 Å². The van der Waals surface area contributed by atoms with E-state index < -0.39 is 0 Å². The maximum atomic E-state index is 4.50. The maximum Gasteiger partial charge on any atom is 0.192 e. The molecule has 3 heteroatoms. The molecule has 80 valence electrons. The zero-order chi connectivity index (χ0) is 10.7. The summed E-state index contributed by atoms with van der Waals surface area (Å²) in [5.74, 6) is 0.904. The molecule has 1 heterocycles. The van der Waals surface area contributed by atoms with Crippen molar-refractivity contribution in [3.63, 3.8) is 0 Å². The normalized spacial score (nSPS) is 15.0. The first kappa shape index (κ1) is 10.0. The van der Waals surface area contributed by atoms with Gasteiger partial charge in [0, 0.05) is 12.6 Å². The Morgan fingerprint density at radius 2 is 2.00 bits per heavy atom. The van der Waals surface area contributed by atoms with E-state index in [0.29, 0.717) is 6.04 Å². The fraction of sp³-hybridized carbons (Fsp3) is 0.417. The molecule has 0 saturated carbocycles. The van der Waals surface area contributed by atoms with Crippen LogP contribution >= 0.6 is 0 Å². The second kappa shape index (κ2) is 4.34. The first-order valence-electron chi connectivity index (χ1n) is 5.37. The van der Waals surface area contributed by atoms with Crippen LogP contribution in [0.15, 0.2) is 29.3 Å². The molecule has 0 saturated heterocycles. The van der Waals surface area contributed by atoms with E-state index >= 15 is 0 Å². The van der Waals surface area contributed by atoms with Gasteiger partial charge in [-0.1, -0.05) is 24.3 Å². The van der Waals surface area contributed by atoms with Crippen LogP contribution in [0.3, 0.4) is 0 Å². The van der Waals surface area contributed by atoms with E-state index in [2.05, 4.69) is 53.7 Å². The summed E-state index contributed by atoms with van der Waals surface area (Å²) in [5.41, 5.74) is 2.65. The Labute approximate surface area is 90.6 Å². The Balaban J connectivity index is 2.11. The van der Waals surface area contributed by atoms with Gasteiger partial charge in [0.15, 0.2) is 5.96 Å². The van der Waals surface area contributed by atoms with Gasteiger partial charge >= 0.3 is 0 Å². The lowest BCUT2D eigenvalue weighted by Crippen LogP contribution is -2.40. The van der Waals surface area contributed by atoms with Crippen LogP contribution in [-0.2, 0) is 13.1 Å². The molecule has 0 bridgehead atoms. The van der Waals surface area contributed by atoms with Gasteiger partial charge in [0.05, 0.1) is 6.54 Å². The first-order valence-corrected chi connectivity index (χ1v) is 5.37. The molecule has 0 fully saturated rings. The van der Waals surface area contributed by atoms with Gasteiger partial charge in [-0.15, -0.1) is 0 Å². The SMILES string of the molecule is CC(C)NC1=NCc2ccccc2CN1. The number of aliphatic imine (C=N–C) groups is 1. The van der Waals surface area contributed by atoms with Crippen molar-refractivity contribution in [2.75, 3.05) is 0 Å². The van der Waals surface area contributed by atoms with Crippen molar-refractivity contribution in [3.8, 4) is 0 Å². The minimum Gasteiger partial charge on any atom is -0.354 e. The van der Waals surface area contributed by atoms with Crippen molar-refractivity contribution >= 4 is 5.96 Å². The van der Waals surface area contributed by atoms with E-state index in [4.69, 9.17) is 0 Å². The molecule has 0 aliphatic carbocycles. The minimum absolute atomic E-state index is 0.414. The monoisotopic (exact) mass is 203 g/mol. The van der Waals surface area contributed by atoms with E-state index in [1.807, 2.05) is 0 Å². The van der Waals surface area contributed by atoms with Crippen LogP contribution in [0.1, 0.15) is 25.0 Å². The molecule has 0 aromatic heterocycles. The Bertz CT molecular complexity index is 369. The van der Waals surface area contributed by atoms with Crippen molar-refractivity contribution in [2.45, 2.75) is 33.0 Å². The van der Waals surface area contributed by atoms with Gasteiger partial charge in [-0.25, -0.2) is 4.99 Å². The molecular weight excluding hydrogens is 186 g/mol. The topological polar surface area (TPSA) is 36.4 Å². The highest BCUT2D eigenvalue weighted by Crippen LogP contribution is 2.11. The standard InChI is InChI=1S/C12H17N3/c1-9(2)15-12-13-7-10-5-3-4-6-11(10)8-14-12/h3-6,9H,7-8H2,1-2H3,(H2,13,14,15). The van der Waals surface area contributed by atoms with Crippen LogP contribution in [-0.4, -0.2) is 12.0 Å². The molecule has 0 unspecified atom stereocenters. The smallest absolute Gasteiger partial charge is 0.192 e. The Kier molecular flexibility index (Phi) is 2.90. The summed E-state index contributed by atoms with van der Waals surface area (Å²) in [6.07, 6.45) is 0. The third kappa shape index (κ3) is 2.49. The fourth-order valence-electron chi connectivity index (χ4n) is 1.65. The molecule has 3 nitrogen and oxygen atoms in total. The highest BCUT2D eigenvalue weighted by Gasteiger charge is 2.08. The second-order valence-corrected chi connectivity index (χ2v) is 4.09. The zero-order valence-electron chi connectivity index (χ0n) is 9.25. The Morgan fingerprint density at radius 1 is 1.27 bits per heavy atom. The van der Waals surface area contributed by atoms with Gasteiger partial charge in [-0.3, -0.25) is 0 Å². The quantitative estimate of drug-likeness (QED) is 0.728. The molecule has 0 spiro atoms. The Hall–Kier alpha value is -1.51. The molecule has 0 amide bonds. The predicted octanol–water partition coefficient (Wildman–Crippen LogP) is 1.64. The number of fused-ring (bicyclic) bond motifs is 1. The average Bonchev–Trinajstić information content (AvgIpc) is 2.41. The van der Waals surface area contributed by atoms with Crippen molar-refractivity contribution in [1.82, 2.24) is 10.6 Å². The summed E-state index contributed by atoms with van der Waals surface area (Å²) in [5, 5.41) is 6.60. The predicted molar refractivity (Wildman–Crippen MR) is 62.7 cm³/mol. The van der Waals surface area contributed by atoms with Gasteiger partial charge in [0.25, 0.3) is 0 Å². The van der Waals surface area contributed by atoms with Crippen molar-refractivity contribution < 1.29 is 0 Å². The van der Waals surface area contributed by atoms with E-state index in [-0.39, 0.29) is 0 Å². The molecule has 2 N–H and O–H groups in total. The third-order valence-electron chi connectivity index (χ3n) is 2.40. The summed E-state index contributed by atoms with van der Waals surface area (Å²) in [4.78, 5) is 4.50. The Morgan fingerprint density at radius 3 is 2.73 bits per heavy atom. The van der Waals surface area contributed by atoms with Crippen LogP contribution in [0.4, 0.5) is 0 Å². The second-order valence-electron chi connectivity index (χ2n) is 4.09. The average molecular weight is 203 g/mol. The van der Waals surface area contributed by atoms with Crippen LogP contribution in [0.2, 0.25) is 0 Å². The van der Waals surface area contributed by atoms with E-state index in [1.54, 1.807) is 0 Å². The van der Waals surface area contributed by atoms with Gasteiger partial charge in [0.2, 0.25) is 0 Å². The highest BCUT2D eigenvalue weighted by molar-refractivity contribution is 5.80. The lowest BCUT2D eigenvalue weighted by Gasteiger charge is -2.12. The van der Waals surface area contributed by atoms with Crippen molar-refractivity contribution in [2.24, 2.45) is 4.99 Å². The van der Waals surface area contributed by atoms with Crippen LogP contribution < -0.4 is 10.6 Å². The van der Waals surface area contributed by atoms with Crippen LogP contribution in [0, 0.1) is 0 Å². The molecule has 1 aliphatic rings. The summed E-state index contributed by atoms with van der Waals surface area (Å²) >= 11 is 0. The summed E-state index contributed by atoms with van der Waals surface area (Å²) in [6.45, 7) is 5.84. The van der Waals surface area contributed by atoms with E-state index in [0.717, 1.165) is 19.0 Å². The first-order chi connectivity index (χ1) is 7.25. The van der Waals surface area contributed by atoms with Gasteiger partial charge < -0.3 is 10.6 Å². The number of benzene rings is 1. The zero-order valence-corrected chi connectivity index (χ0v) is 9.25. The van der Waals surface area contributed by atoms with Gasteiger partial charge in [-0.2, -0.15) is 0 Å². The minimum atomic E-state index is 0.414. The van der Waals surface area contributed by atoms with Crippen molar-refractivity contribution in [3.05, 3.63) is 35.4 Å². The number of nitrogens with zero attached hydrogens (tertiary/aromatic N) is 1. The summed E-state index contributed by atoms with van der Waals surface area (Å²) < 4.78 is 0. The number of guanidine groups is 1. The molecule has 2 rings (SSSR count). The lowest BCUT2D eigenvalue weighted by molar-refractivity contribution is 0.700. The van der Waals surface area contributed by atoms with Crippen molar-refractivity contribution in [1.29, 1.82) is 0 Å². The highest BCUT2D eigenvalue weighted by atomic mass is 15.2. The van der Waals surface area contributed by atoms with E-state index in [1.165, 1.54) is 11.1 Å². The van der Waals surface area contributed by atoms with E-state index in [9.17, 15) is 0 Å². The fourth-order valence-corrected chi connectivity index (χ4v) is 1.65. The molecule has 0 radical (unpaired) electrons. The van der Waals surface area contributed by atoms with Crippen LogP contribution in [0.25, 0.3) is 0 Å². The molecule has 1 aliphatic heterocycles. The molecule has 1 aromatic rings. The number of nitrogens with one attached hydrogen (secondary N) is 2. The molecular formula is C12H17N3. The van der Waals surface area contributed by atoms with Crippen LogP contribution in [0.5, 0.6) is 0 Å². The summed E-state index contributed by atoms with van der Waals surface area (Å²) in [6, 6.07) is 8.84. The number of rotatable bonds is 1. The van der Waals surface area contributed by atoms with Gasteiger partial charge in [0.1, 0.15) is 0 Å². The summed E-state index contributed by atoms with van der Waals surface area (Å²) in [7, 11) is 0. The molecule has 15 heavy (non-hydrogen) atoms. The molecule has 1 aromatic carbocycles. The third-order valence-corrected chi connectivity index (χ3v) is 2.40. The lowest BCUT2D eigenvalue weighted by atomic mass is 10.1.